The van der Waals surface area contributed by atoms with Gasteiger partial charge in [0.05, 0.1) is 6.33 Å². The van der Waals surface area contributed by atoms with Gasteiger partial charge in [0.25, 0.3) is 11.5 Å². The van der Waals surface area contributed by atoms with Crippen molar-refractivity contribution in [2.75, 3.05) is 5.32 Å². The highest BCUT2D eigenvalue weighted by atomic mass is 16.5. The summed E-state index contributed by atoms with van der Waals surface area (Å²) in [5.41, 5.74) is 0.889. The first kappa shape index (κ1) is 21.1. The number of rotatable bonds is 6. The van der Waals surface area contributed by atoms with Gasteiger partial charge in [-0.2, -0.15) is 0 Å². The van der Waals surface area contributed by atoms with Gasteiger partial charge in [-0.05, 0) is 19.1 Å². The molecule has 1 amide bonds. The van der Waals surface area contributed by atoms with Gasteiger partial charge in [0.15, 0.2) is 5.82 Å². The van der Waals surface area contributed by atoms with Crippen LogP contribution in [-0.2, 0) is 20.9 Å². The Morgan fingerprint density at radius 2 is 1.88 bits per heavy atom. The van der Waals surface area contributed by atoms with E-state index in [0.29, 0.717) is 27.8 Å². The minimum atomic E-state index is -1.27. The standard InChI is InChI=1S/C24H18N4O6/c1-14-11-18(27-34-14)26-23(30)21(15-7-3-2-4-8-15)33-19(29)12-28-13-25-20-16-9-5-6-10-17(16)32-22(20)24(28)31/h2-11,13,21H,12H2,1H3,(H,26,27,30). The van der Waals surface area contributed by atoms with Crippen molar-refractivity contribution in [1.29, 1.82) is 0 Å². The number of fused-ring (bicyclic) bond motifs is 3. The van der Waals surface area contributed by atoms with Gasteiger partial charge in [-0.15, -0.1) is 0 Å². The van der Waals surface area contributed by atoms with Gasteiger partial charge in [0.1, 0.15) is 23.4 Å². The first-order valence-corrected chi connectivity index (χ1v) is 10.3. The van der Waals surface area contributed by atoms with Gasteiger partial charge in [-0.3, -0.25) is 19.0 Å². The average Bonchev–Trinajstić information content (AvgIpc) is 3.43. The van der Waals surface area contributed by atoms with Crippen molar-refractivity contribution in [3.8, 4) is 0 Å². The normalized spacial score (nSPS) is 12.0. The SMILES string of the molecule is Cc1cc(NC(=O)C(OC(=O)Cn2cnc3c(oc4ccccc43)c2=O)c2ccccc2)no1. The number of nitrogens with zero attached hydrogens (tertiary/aromatic N) is 3. The Labute approximate surface area is 191 Å². The van der Waals surface area contributed by atoms with Gasteiger partial charge in [-0.1, -0.05) is 47.6 Å². The number of benzene rings is 2. The van der Waals surface area contributed by atoms with E-state index in [4.69, 9.17) is 13.7 Å². The summed E-state index contributed by atoms with van der Waals surface area (Å²) >= 11 is 0. The largest absolute Gasteiger partial charge is 0.448 e. The van der Waals surface area contributed by atoms with Gasteiger partial charge in [0, 0.05) is 17.0 Å². The molecule has 0 aliphatic rings. The van der Waals surface area contributed by atoms with Crippen molar-refractivity contribution in [2.45, 2.75) is 19.6 Å². The van der Waals surface area contributed by atoms with E-state index >= 15 is 0 Å². The lowest BCUT2D eigenvalue weighted by Gasteiger charge is -2.17. The Bertz CT molecular complexity index is 1570. The third-order valence-corrected chi connectivity index (χ3v) is 5.12. The number of ether oxygens (including phenoxy) is 1. The number of amides is 1. The molecule has 0 bridgehead atoms. The molecule has 0 aliphatic carbocycles. The van der Waals surface area contributed by atoms with Gasteiger partial charge in [-0.25, -0.2) is 4.98 Å². The first-order chi connectivity index (χ1) is 16.5. The predicted molar refractivity (Wildman–Crippen MR) is 121 cm³/mol. The molecule has 1 N–H and O–H groups in total. The monoisotopic (exact) mass is 458 g/mol. The number of carbonyl (C=O) groups excluding carboxylic acids is 2. The molecule has 0 radical (unpaired) electrons. The quantitative estimate of drug-likeness (QED) is 0.384. The second kappa shape index (κ2) is 8.66. The Morgan fingerprint density at radius 3 is 2.65 bits per heavy atom. The Kier molecular flexibility index (Phi) is 5.38. The molecule has 5 aromatic rings. The molecular formula is C24H18N4O6. The molecule has 0 spiro atoms. The van der Waals surface area contributed by atoms with Gasteiger partial charge < -0.3 is 19.0 Å². The van der Waals surface area contributed by atoms with E-state index in [9.17, 15) is 14.4 Å². The van der Waals surface area contributed by atoms with Crippen LogP contribution < -0.4 is 10.9 Å². The van der Waals surface area contributed by atoms with E-state index < -0.39 is 30.1 Å². The third-order valence-electron chi connectivity index (χ3n) is 5.12. The van der Waals surface area contributed by atoms with Crippen LogP contribution in [0.25, 0.3) is 22.1 Å². The van der Waals surface area contributed by atoms with Crippen LogP contribution in [0.2, 0.25) is 0 Å². The molecule has 1 unspecified atom stereocenters. The zero-order chi connectivity index (χ0) is 23.7. The maximum atomic E-state index is 12.9. The summed E-state index contributed by atoms with van der Waals surface area (Å²) in [5, 5.41) is 6.99. The van der Waals surface area contributed by atoms with E-state index in [-0.39, 0.29) is 11.4 Å². The van der Waals surface area contributed by atoms with Gasteiger partial charge in [0.2, 0.25) is 11.7 Å². The summed E-state index contributed by atoms with van der Waals surface area (Å²) in [7, 11) is 0. The Balaban J connectivity index is 1.39. The number of furan rings is 1. The van der Waals surface area contributed by atoms with E-state index in [0.717, 1.165) is 4.57 Å². The molecule has 5 rings (SSSR count). The van der Waals surface area contributed by atoms with Crippen molar-refractivity contribution < 1.29 is 23.3 Å². The topological polar surface area (TPSA) is 129 Å². The second-order valence-corrected chi connectivity index (χ2v) is 7.55. The summed E-state index contributed by atoms with van der Waals surface area (Å²) in [5.74, 6) is -0.725. The molecule has 1 atom stereocenters. The summed E-state index contributed by atoms with van der Waals surface area (Å²) in [6.07, 6.45) is -0.0202. The zero-order valence-corrected chi connectivity index (χ0v) is 17.9. The number of carbonyl (C=O) groups is 2. The van der Waals surface area contributed by atoms with Crippen molar-refractivity contribution in [1.82, 2.24) is 14.7 Å². The summed E-state index contributed by atoms with van der Waals surface area (Å²) in [6.45, 7) is 1.22. The van der Waals surface area contributed by atoms with Crippen LogP contribution in [0.3, 0.4) is 0 Å². The fraction of sp³-hybridized carbons (Fsp3) is 0.125. The molecule has 10 heteroatoms. The number of hydrogen-bond acceptors (Lipinski definition) is 8. The molecule has 170 valence electrons. The lowest BCUT2D eigenvalue weighted by molar-refractivity contribution is -0.155. The summed E-state index contributed by atoms with van der Waals surface area (Å²) in [4.78, 5) is 42.8. The third kappa shape index (κ3) is 4.04. The highest BCUT2D eigenvalue weighted by Gasteiger charge is 2.26. The predicted octanol–water partition coefficient (Wildman–Crippen LogP) is 3.36. The van der Waals surface area contributed by atoms with Crippen LogP contribution in [-0.4, -0.2) is 26.6 Å². The number of para-hydroxylation sites is 1. The van der Waals surface area contributed by atoms with E-state index in [1.165, 1.54) is 12.4 Å². The number of anilines is 1. The van der Waals surface area contributed by atoms with Crippen LogP contribution in [0.15, 0.2) is 80.7 Å². The van der Waals surface area contributed by atoms with Crippen molar-refractivity contribution in [3.63, 3.8) is 0 Å². The van der Waals surface area contributed by atoms with E-state index in [1.54, 1.807) is 55.5 Å². The Morgan fingerprint density at radius 1 is 1.12 bits per heavy atom. The highest BCUT2D eigenvalue weighted by Crippen LogP contribution is 2.24. The van der Waals surface area contributed by atoms with Gasteiger partial charge >= 0.3 is 5.97 Å². The molecular weight excluding hydrogens is 440 g/mol. The molecule has 0 saturated heterocycles. The maximum Gasteiger partial charge on any atom is 0.327 e. The molecule has 0 saturated carbocycles. The molecule has 0 fully saturated rings. The maximum absolute atomic E-state index is 12.9. The smallest absolute Gasteiger partial charge is 0.327 e. The Hall–Kier alpha value is -4.73. The minimum Gasteiger partial charge on any atom is -0.448 e. The lowest BCUT2D eigenvalue weighted by Crippen LogP contribution is -2.30. The van der Waals surface area contributed by atoms with Crippen LogP contribution >= 0.6 is 0 Å². The number of esters is 1. The summed E-state index contributed by atoms with van der Waals surface area (Å²) < 4.78 is 17.1. The summed E-state index contributed by atoms with van der Waals surface area (Å²) in [6, 6.07) is 17.2. The molecule has 0 aliphatic heterocycles. The van der Waals surface area contributed by atoms with Crippen molar-refractivity contribution >= 4 is 39.8 Å². The molecule has 3 aromatic heterocycles. The average molecular weight is 458 g/mol. The fourth-order valence-corrected chi connectivity index (χ4v) is 3.55. The lowest BCUT2D eigenvalue weighted by atomic mass is 10.1. The molecule has 34 heavy (non-hydrogen) atoms. The van der Waals surface area contributed by atoms with Crippen molar-refractivity contribution in [2.24, 2.45) is 0 Å². The van der Waals surface area contributed by atoms with Crippen LogP contribution in [0.4, 0.5) is 5.82 Å². The number of nitrogens with one attached hydrogen (secondary N) is 1. The molecule has 2 aromatic carbocycles. The zero-order valence-electron chi connectivity index (χ0n) is 17.9. The first-order valence-electron chi connectivity index (χ1n) is 10.3. The van der Waals surface area contributed by atoms with Crippen LogP contribution in [0.5, 0.6) is 0 Å². The minimum absolute atomic E-state index is 0.0373. The molecule has 3 heterocycles. The second-order valence-electron chi connectivity index (χ2n) is 7.55. The molecule has 10 nitrogen and oxygen atoms in total. The van der Waals surface area contributed by atoms with Crippen molar-refractivity contribution in [3.05, 3.63) is 88.7 Å². The van der Waals surface area contributed by atoms with Crippen LogP contribution in [0, 0.1) is 6.92 Å². The number of hydrogen-bond donors (Lipinski definition) is 1. The fourth-order valence-electron chi connectivity index (χ4n) is 3.55. The van der Waals surface area contributed by atoms with E-state index in [2.05, 4.69) is 15.5 Å². The number of aromatic nitrogens is 3. The highest BCUT2D eigenvalue weighted by molar-refractivity contribution is 6.01. The number of aryl methyl sites for hydroxylation is 1. The van der Waals surface area contributed by atoms with Crippen LogP contribution in [0.1, 0.15) is 17.4 Å². The van der Waals surface area contributed by atoms with E-state index in [1.807, 2.05) is 6.07 Å².